The lowest BCUT2D eigenvalue weighted by molar-refractivity contribution is 0.0383. The van der Waals surface area contributed by atoms with Gasteiger partial charge in [0.25, 0.3) is 5.91 Å². The van der Waals surface area contributed by atoms with Crippen LogP contribution in [0.2, 0.25) is 0 Å². The second-order valence-electron chi connectivity index (χ2n) is 4.57. The molecule has 0 radical (unpaired) electrons. The minimum Gasteiger partial charge on any atom is -0.504 e. The standard InChI is InChI=1S/C14H20N2O4/c1-19-12-4-2-3-11(13(12)17)14(18)15-5-6-16-7-9-20-10-8-16/h2-4,17H,5-10H2,1H3,(H,15,18). The fourth-order valence-electron chi connectivity index (χ4n) is 2.12. The van der Waals surface area contributed by atoms with Gasteiger partial charge in [0.1, 0.15) is 0 Å². The summed E-state index contributed by atoms with van der Waals surface area (Å²) in [5.41, 5.74) is 0.228. The van der Waals surface area contributed by atoms with E-state index in [1.807, 2.05) is 0 Å². The fraction of sp³-hybridized carbons (Fsp3) is 0.500. The molecule has 1 heterocycles. The topological polar surface area (TPSA) is 71.0 Å². The molecule has 0 spiro atoms. The summed E-state index contributed by atoms with van der Waals surface area (Å²) >= 11 is 0. The number of benzene rings is 1. The zero-order valence-corrected chi connectivity index (χ0v) is 11.6. The normalized spacial score (nSPS) is 15.8. The molecule has 6 nitrogen and oxygen atoms in total. The minimum atomic E-state index is -0.297. The van der Waals surface area contributed by atoms with Crippen molar-refractivity contribution in [3.63, 3.8) is 0 Å². The van der Waals surface area contributed by atoms with Crippen molar-refractivity contribution in [2.24, 2.45) is 0 Å². The van der Waals surface area contributed by atoms with Crippen LogP contribution in [0.25, 0.3) is 0 Å². The van der Waals surface area contributed by atoms with Gasteiger partial charge in [0.05, 0.1) is 25.9 Å². The van der Waals surface area contributed by atoms with Crippen molar-refractivity contribution in [2.75, 3.05) is 46.5 Å². The first-order valence-corrected chi connectivity index (χ1v) is 6.66. The Morgan fingerprint density at radius 1 is 1.45 bits per heavy atom. The zero-order chi connectivity index (χ0) is 14.4. The van der Waals surface area contributed by atoms with Crippen LogP contribution in [0, 0.1) is 0 Å². The number of carbonyl (C=O) groups is 1. The van der Waals surface area contributed by atoms with Gasteiger partial charge in [0.2, 0.25) is 0 Å². The molecule has 1 fully saturated rings. The maximum absolute atomic E-state index is 12.0. The van der Waals surface area contributed by atoms with E-state index in [1.165, 1.54) is 7.11 Å². The van der Waals surface area contributed by atoms with Crippen molar-refractivity contribution in [3.05, 3.63) is 23.8 Å². The predicted octanol–water partition coefficient (Wildman–Crippen LogP) is 0.463. The van der Waals surface area contributed by atoms with Crippen LogP contribution in [0.4, 0.5) is 0 Å². The van der Waals surface area contributed by atoms with Gasteiger partial charge < -0.3 is 19.9 Å². The number of para-hydroxylation sites is 1. The van der Waals surface area contributed by atoms with Crippen molar-refractivity contribution in [3.8, 4) is 11.5 Å². The van der Waals surface area contributed by atoms with Crippen LogP contribution >= 0.6 is 0 Å². The van der Waals surface area contributed by atoms with E-state index in [-0.39, 0.29) is 17.2 Å². The van der Waals surface area contributed by atoms with Crippen molar-refractivity contribution in [2.45, 2.75) is 0 Å². The van der Waals surface area contributed by atoms with Crippen molar-refractivity contribution >= 4 is 5.91 Å². The summed E-state index contributed by atoms with van der Waals surface area (Å²) < 4.78 is 10.2. The van der Waals surface area contributed by atoms with Gasteiger partial charge in [-0.1, -0.05) is 6.07 Å². The number of morpholine rings is 1. The highest BCUT2D eigenvalue weighted by Gasteiger charge is 2.15. The molecule has 0 atom stereocenters. The number of phenolic OH excluding ortho intramolecular Hbond substituents is 1. The Balaban J connectivity index is 1.85. The van der Waals surface area contributed by atoms with E-state index >= 15 is 0 Å². The molecular formula is C14H20N2O4. The number of phenols is 1. The third-order valence-corrected chi connectivity index (χ3v) is 3.28. The second kappa shape index (κ2) is 7.12. The number of aromatic hydroxyl groups is 1. The van der Waals surface area contributed by atoms with Crippen LogP contribution in [0.1, 0.15) is 10.4 Å². The number of hydrogen-bond donors (Lipinski definition) is 2. The van der Waals surface area contributed by atoms with E-state index in [0.29, 0.717) is 12.3 Å². The molecule has 0 saturated carbocycles. The second-order valence-corrected chi connectivity index (χ2v) is 4.57. The van der Waals surface area contributed by atoms with Crippen molar-refractivity contribution in [1.29, 1.82) is 0 Å². The summed E-state index contributed by atoms with van der Waals surface area (Å²) in [5, 5.41) is 12.7. The van der Waals surface area contributed by atoms with E-state index < -0.39 is 0 Å². The van der Waals surface area contributed by atoms with Gasteiger partial charge in [0, 0.05) is 26.2 Å². The molecule has 2 rings (SSSR count). The van der Waals surface area contributed by atoms with Crippen LogP contribution in [0.3, 0.4) is 0 Å². The van der Waals surface area contributed by atoms with Crippen LogP contribution in [0.5, 0.6) is 11.5 Å². The molecule has 1 aliphatic heterocycles. The third-order valence-electron chi connectivity index (χ3n) is 3.28. The molecule has 1 aliphatic rings. The van der Waals surface area contributed by atoms with Crippen LogP contribution in [0.15, 0.2) is 18.2 Å². The Labute approximate surface area is 118 Å². The Morgan fingerprint density at radius 3 is 2.90 bits per heavy atom. The highest BCUT2D eigenvalue weighted by molar-refractivity contribution is 5.97. The lowest BCUT2D eigenvalue weighted by atomic mass is 10.1. The lowest BCUT2D eigenvalue weighted by Gasteiger charge is -2.26. The van der Waals surface area contributed by atoms with Gasteiger partial charge in [-0.2, -0.15) is 0 Å². The zero-order valence-electron chi connectivity index (χ0n) is 11.6. The van der Waals surface area contributed by atoms with Gasteiger partial charge in [-0.25, -0.2) is 0 Å². The fourth-order valence-corrected chi connectivity index (χ4v) is 2.12. The summed E-state index contributed by atoms with van der Waals surface area (Å²) in [6, 6.07) is 4.86. The molecule has 6 heteroatoms. The Morgan fingerprint density at radius 2 is 2.20 bits per heavy atom. The van der Waals surface area contributed by atoms with Crippen LogP contribution in [-0.2, 0) is 4.74 Å². The molecule has 1 aromatic carbocycles. The third kappa shape index (κ3) is 3.61. The number of methoxy groups -OCH3 is 1. The first-order valence-electron chi connectivity index (χ1n) is 6.66. The largest absolute Gasteiger partial charge is 0.504 e. The van der Waals surface area contributed by atoms with E-state index in [1.54, 1.807) is 18.2 Å². The molecule has 110 valence electrons. The first-order chi connectivity index (χ1) is 9.72. The summed E-state index contributed by atoms with van der Waals surface area (Å²) in [6.45, 7) is 4.57. The van der Waals surface area contributed by atoms with E-state index in [4.69, 9.17) is 9.47 Å². The highest BCUT2D eigenvalue weighted by Crippen LogP contribution is 2.28. The number of hydrogen-bond acceptors (Lipinski definition) is 5. The van der Waals surface area contributed by atoms with Crippen LogP contribution in [-0.4, -0.2) is 62.4 Å². The molecule has 2 N–H and O–H groups in total. The number of nitrogens with one attached hydrogen (secondary N) is 1. The molecule has 0 aromatic heterocycles. The Bertz CT molecular complexity index is 458. The van der Waals surface area contributed by atoms with Gasteiger partial charge in [0.15, 0.2) is 11.5 Å². The molecule has 0 unspecified atom stereocenters. The number of nitrogens with zero attached hydrogens (tertiary/aromatic N) is 1. The van der Waals surface area contributed by atoms with Gasteiger partial charge in [-0.3, -0.25) is 9.69 Å². The number of amides is 1. The maximum Gasteiger partial charge on any atom is 0.255 e. The van der Waals surface area contributed by atoms with Gasteiger partial charge >= 0.3 is 0 Å². The average Bonchev–Trinajstić information content (AvgIpc) is 2.48. The highest BCUT2D eigenvalue weighted by atomic mass is 16.5. The smallest absolute Gasteiger partial charge is 0.255 e. The molecule has 0 bridgehead atoms. The monoisotopic (exact) mass is 280 g/mol. The average molecular weight is 280 g/mol. The van der Waals surface area contributed by atoms with Crippen molar-refractivity contribution < 1.29 is 19.4 Å². The number of rotatable bonds is 5. The van der Waals surface area contributed by atoms with Crippen LogP contribution < -0.4 is 10.1 Å². The Hall–Kier alpha value is -1.79. The maximum atomic E-state index is 12.0. The van der Waals surface area contributed by atoms with Gasteiger partial charge in [-0.05, 0) is 12.1 Å². The lowest BCUT2D eigenvalue weighted by Crippen LogP contribution is -2.41. The Kier molecular flexibility index (Phi) is 5.20. The first kappa shape index (κ1) is 14.6. The molecule has 20 heavy (non-hydrogen) atoms. The summed E-state index contributed by atoms with van der Waals surface area (Å²) in [6.07, 6.45) is 0. The van der Waals surface area contributed by atoms with Gasteiger partial charge in [-0.15, -0.1) is 0 Å². The SMILES string of the molecule is COc1cccc(C(=O)NCCN2CCOCC2)c1O. The van der Waals surface area contributed by atoms with Crippen molar-refractivity contribution in [1.82, 2.24) is 10.2 Å². The van der Waals surface area contributed by atoms with E-state index in [0.717, 1.165) is 32.8 Å². The number of carbonyl (C=O) groups excluding carboxylic acids is 1. The van der Waals surface area contributed by atoms with E-state index in [9.17, 15) is 9.90 Å². The predicted molar refractivity (Wildman–Crippen MR) is 74.3 cm³/mol. The summed E-state index contributed by atoms with van der Waals surface area (Å²) in [4.78, 5) is 14.2. The molecule has 0 aliphatic carbocycles. The molecular weight excluding hydrogens is 260 g/mol. The summed E-state index contributed by atoms with van der Waals surface area (Å²) in [5.74, 6) is -0.126. The minimum absolute atomic E-state index is 0.126. The summed E-state index contributed by atoms with van der Waals surface area (Å²) in [7, 11) is 1.45. The quantitative estimate of drug-likeness (QED) is 0.820. The molecule has 1 amide bonds. The number of ether oxygens (including phenoxy) is 2. The molecule has 1 aromatic rings. The van der Waals surface area contributed by atoms with E-state index in [2.05, 4.69) is 10.2 Å². The molecule has 1 saturated heterocycles.